The van der Waals surface area contributed by atoms with Crippen molar-refractivity contribution in [2.24, 2.45) is 0 Å². The van der Waals surface area contributed by atoms with E-state index in [4.69, 9.17) is 0 Å². The molecule has 1 radical (unpaired) electrons. The van der Waals surface area contributed by atoms with Crippen molar-refractivity contribution in [3.05, 3.63) is 66.2 Å². The third kappa shape index (κ3) is 3.99. The number of hydrogen-bond donors (Lipinski definition) is 0. The Bertz CT molecular complexity index is 594. The van der Waals surface area contributed by atoms with Crippen LogP contribution in [0.2, 0.25) is 0 Å². The molecule has 0 nitrogen and oxygen atoms in total. The molecule has 19 heavy (non-hydrogen) atoms. The first-order valence-electron chi connectivity index (χ1n) is 5.55. The van der Waals surface area contributed by atoms with Crippen molar-refractivity contribution in [1.82, 2.24) is 0 Å². The van der Waals surface area contributed by atoms with Gasteiger partial charge in [0.15, 0.2) is 0 Å². The van der Waals surface area contributed by atoms with E-state index < -0.39 is 0 Å². The van der Waals surface area contributed by atoms with Gasteiger partial charge in [-0.05, 0) is 6.92 Å². The third-order valence-corrected chi connectivity index (χ3v) is 3.00. The summed E-state index contributed by atoms with van der Waals surface area (Å²) >= 11 is 0. The molecule has 0 fully saturated rings. The van der Waals surface area contributed by atoms with E-state index in [-0.39, 0.29) is 51.0 Å². The number of halogens is 2. The summed E-state index contributed by atoms with van der Waals surface area (Å²) in [7, 11) is 0. The van der Waals surface area contributed by atoms with Crippen LogP contribution in [0.15, 0.2) is 60.7 Å². The molecule has 95 valence electrons. The zero-order valence-electron chi connectivity index (χ0n) is 10.5. The largest absolute Gasteiger partial charge is 3.00 e. The van der Waals surface area contributed by atoms with Gasteiger partial charge >= 0.3 is 26.2 Å². The minimum absolute atomic E-state index is 0. The molecule has 3 heteroatoms. The maximum atomic E-state index is 2.25. The van der Waals surface area contributed by atoms with Gasteiger partial charge in [-0.3, -0.25) is 0 Å². The van der Waals surface area contributed by atoms with Gasteiger partial charge in [0.25, 0.3) is 0 Å². The smallest absolute Gasteiger partial charge is 1.00 e. The van der Waals surface area contributed by atoms with E-state index in [1.807, 2.05) is 0 Å². The SMILES string of the molecule is Cc1ccc(-c2cc3ccccc3[cH-]2)cc1.[Cl-].[Cl-].[Zr+3]. The van der Waals surface area contributed by atoms with E-state index >= 15 is 0 Å². The molecule has 0 spiro atoms. The van der Waals surface area contributed by atoms with Gasteiger partial charge in [0, 0.05) is 0 Å². The summed E-state index contributed by atoms with van der Waals surface area (Å²) in [6.45, 7) is 2.12. The average Bonchev–Trinajstić information content (AvgIpc) is 2.73. The molecular formula is C16H13Cl2Zr. The van der Waals surface area contributed by atoms with Gasteiger partial charge in [0.1, 0.15) is 0 Å². The zero-order chi connectivity index (χ0) is 11.0. The molecule has 0 aliphatic heterocycles. The number of aryl methyl sites for hydroxylation is 1. The van der Waals surface area contributed by atoms with Crippen molar-refractivity contribution in [2.45, 2.75) is 6.92 Å². The molecule has 0 atom stereocenters. The Morgan fingerprint density at radius 1 is 0.842 bits per heavy atom. The molecule has 0 bridgehead atoms. The first-order valence-corrected chi connectivity index (χ1v) is 5.55. The van der Waals surface area contributed by atoms with Gasteiger partial charge in [-0.1, -0.05) is 53.6 Å². The van der Waals surface area contributed by atoms with Crippen molar-refractivity contribution in [2.75, 3.05) is 0 Å². The normalized spacial score (nSPS) is 9.11. The third-order valence-electron chi connectivity index (χ3n) is 3.00. The fourth-order valence-electron chi connectivity index (χ4n) is 2.06. The summed E-state index contributed by atoms with van der Waals surface area (Å²) in [5.41, 5.74) is 3.91. The van der Waals surface area contributed by atoms with Crippen LogP contribution in [0.25, 0.3) is 21.9 Å². The molecule has 0 aromatic heterocycles. The van der Waals surface area contributed by atoms with E-state index in [0.717, 1.165) is 0 Å². The van der Waals surface area contributed by atoms with Crippen molar-refractivity contribution < 1.29 is 51.0 Å². The predicted molar refractivity (Wildman–Crippen MR) is 69.7 cm³/mol. The minimum Gasteiger partial charge on any atom is -1.00 e. The van der Waals surface area contributed by atoms with Crippen LogP contribution in [-0.4, -0.2) is 0 Å². The fraction of sp³-hybridized carbons (Fsp3) is 0.0625. The minimum atomic E-state index is 0. The summed E-state index contributed by atoms with van der Waals surface area (Å²) in [5, 5.41) is 2.64. The zero-order valence-corrected chi connectivity index (χ0v) is 14.5. The maximum absolute atomic E-state index is 2.25. The van der Waals surface area contributed by atoms with Gasteiger partial charge in [0.2, 0.25) is 0 Å². The van der Waals surface area contributed by atoms with Crippen LogP contribution in [0.1, 0.15) is 5.56 Å². The maximum Gasteiger partial charge on any atom is 3.00 e. The summed E-state index contributed by atoms with van der Waals surface area (Å²) in [6.07, 6.45) is 0. The van der Waals surface area contributed by atoms with E-state index in [2.05, 4.69) is 67.6 Å². The monoisotopic (exact) mass is 365 g/mol. The second-order valence-electron chi connectivity index (χ2n) is 4.24. The van der Waals surface area contributed by atoms with Gasteiger partial charge in [-0.25, -0.2) is 0 Å². The van der Waals surface area contributed by atoms with Crippen LogP contribution in [0.5, 0.6) is 0 Å². The Hall–Kier alpha value is -0.487. The molecule has 0 saturated heterocycles. The molecule has 0 saturated carbocycles. The van der Waals surface area contributed by atoms with Gasteiger partial charge < -0.3 is 24.8 Å². The van der Waals surface area contributed by atoms with E-state index in [0.29, 0.717) is 0 Å². The molecule has 3 aromatic rings. The standard InChI is InChI=1S/C16H13.2ClH.Zr/c1-12-6-8-13(9-7-12)16-10-14-4-2-3-5-15(14)11-16;;;/h2-11H,1H3;2*1H;/q-1;;;+3/p-2. The number of benzene rings is 2. The number of rotatable bonds is 1. The second-order valence-corrected chi connectivity index (χ2v) is 4.24. The van der Waals surface area contributed by atoms with Gasteiger partial charge in [-0.15, -0.1) is 34.5 Å². The van der Waals surface area contributed by atoms with Crippen molar-refractivity contribution >= 4 is 10.8 Å². The van der Waals surface area contributed by atoms with E-state index in [9.17, 15) is 0 Å². The van der Waals surface area contributed by atoms with Crippen LogP contribution in [0.3, 0.4) is 0 Å². The molecule has 0 aliphatic carbocycles. The number of hydrogen-bond acceptors (Lipinski definition) is 0. The summed E-state index contributed by atoms with van der Waals surface area (Å²) in [5.74, 6) is 0. The quantitative estimate of drug-likeness (QED) is 0.462. The van der Waals surface area contributed by atoms with Gasteiger partial charge in [-0.2, -0.15) is 0 Å². The van der Waals surface area contributed by atoms with Crippen molar-refractivity contribution in [3.8, 4) is 11.1 Å². The molecule has 0 aliphatic rings. The van der Waals surface area contributed by atoms with E-state index in [1.54, 1.807) is 0 Å². The predicted octanol–water partition coefficient (Wildman–Crippen LogP) is -1.46. The van der Waals surface area contributed by atoms with Gasteiger partial charge in [0.05, 0.1) is 0 Å². The molecule has 0 amide bonds. The first kappa shape index (κ1) is 18.5. The van der Waals surface area contributed by atoms with Crippen molar-refractivity contribution in [3.63, 3.8) is 0 Å². The second kappa shape index (κ2) is 7.95. The molecular weight excluding hydrogens is 354 g/mol. The van der Waals surface area contributed by atoms with Crippen LogP contribution < -0.4 is 24.8 Å². The average molecular weight is 367 g/mol. The Morgan fingerprint density at radius 3 is 2.11 bits per heavy atom. The first-order chi connectivity index (χ1) is 7.83. The fourth-order valence-corrected chi connectivity index (χ4v) is 2.06. The van der Waals surface area contributed by atoms with Crippen LogP contribution in [0, 0.1) is 6.92 Å². The Kier molecular flexibility index (Phi) is 7.74. The summed E-state index contributed by atoms with van der Waals surface area (Å²) < 4.78 is 0. The summed E-state index contributed by atoms with van der Waals surface area (Å²) in [6, 6.07) is 21.7. The Balaban J connectivity index is 0.00000108. The van der Waals surface area contributed by atoms with Crippen LogP contribution >= 0.6 is 0 Å². The van der Waals surface area contributed by atoms with E-state index in [1.165, 1.54) is 27.5 Å². The van der Waals surface area contributed by atoms with Crippen molar-refractivity contribution in [1.29, 1.82) is 0 Å². The molecule has 3 rings (SSSR count). The molecule has 0 unspecified atom stereocenters. The topological polar surface area (TPSA) is 0 Å². The Morgan fingerprint density at radius 2 is 1.47 bits per heavy atom. The van der Waals surface area contributed by atoms with Crippen LogP contribution in [0.4, 0.5) is 0 Å². The summed E-state index contributed by atoms with van der Waals surface area (Å²) in [4.78, 5) is 0. The molecule has 0 heterocycles. The Labute approximate surface area is 145 Å². The number of fused-ring (bicyclic) bond motifs is 1. The molecule has 3 aromatic carbocycles. The van der Waals surface area contributed by atoms with Crippen LogP contribution in [-0.2, 0) is 26.2 Å². The molecule has 0 N–H and O–H groups in total.